The summed E-state index contributed by atoms with van der Waals surface area (Å²) in [7, 11) is 0. The van der Waals surface area contributed by atoms with Gasteiger partial charge in [0.2, 0.25) is 0 Å². The number of rotatable bonds is 11. The molecule has 0 atom stereocenters. The molecule has 2 heterocycles. The maximum atomic E-state index is 4.49. The van der Waals surface area contributed by atoms with Gasteiger partial charge < -0.3 is 10.6 Å². The fraction of sp³-hybridized carbons (Fsp3) is 0.188. The Hall–Kier alpha value is -3.86. The van der Waals surface area contributed by atoms with E-state index in [9.17, 15) is 0 Å². The summed E-state index contributed by atoms with van der Waals surface area (Å²) in [5.74, 6) is 0. The highest BCUT2D eigenvalue weighted by atomic mass is 14.9. The minimum Gasteiger partial charge on any atom is -0.313 e. The number of unbranched alkanes of at least 4 members (excludes halogenated alkanes) is 1. The Labute approximate surface area is 215 Å². The van der Waals surface area contributed by atoms with Crippen LogP contribution in [0, 0.1) is 0 Å². The monoisotopic (exact) mass is 474 g/mol. The molecule has 182 valence electrons. The van der Waals surface area contributed by atoms with E-state index in [4.69, 9.17) is 0 Å². The first kappa shape index (κ1) is 25.2. The summed E-state index contributed by atoms with van der Waals surface area (Å²) in [5, 5.41) is 7.10. The predicted octanol–water partition coefficient (Wildman–Crippen LogP) is 6.42. The number of benzene rings is 2. The van der Waals surface area contributed by atoms with E-state index in [1.54, 1.807) is 0 Å². The lowest BCUT2D eigenvalue weighted by atomic mass is 10.1. The molecular formula is C32H34N4. The van der Waals surface area contributed by atoms with Gasteiger partial charge in [-0.05, 0) is 72.5 Å². The van der Waals surface area contributed by atoms with E-state index in [-0.39, 0.29) is 0 Å². The predicted molar refractivity (Wildman–Crippen MR) is 155 cm³/mol. The Kier molecular flexibility index (Phi) is 9.32. The van der Waals surface area contributed by atoms with Gasteiger partial charge in [-0.15, -0.1) is 0 Å². The lowest BCUT2D eigenvalue weighted by Gasteiger charge is -2.08. The summed E-state index contributed by atoms with van der Waals surface area (Å²) in [6.45, 7) is 11.8. The van der Waals surface area contributed by atoms with Gasteiger partial charge in [0, 0.05) is 36.6 Å². The highest BCUT2D eigenvalue weighted by molar-refractivity contribution is 5.84. The van der Waals surface area contributed by atoms with Gasteiger partial charge >= 0.3 is 0 Å². The molecule has 0 bridgehead atoms. The van der Waals surface area contributed by atoms with Crippen LogP contribution in [-0.2, 0) is 13.1 Å². The van der Waals surface area contributed by atoms with E-state index in [1.165, 1.54) is 11.1 Å². The van der Waals surface area contributed by atoms with Crippen molar-refractivity contribution in [1.82, 2.24) is 10.6 Å². The first-order valence-electron chi connectivity index (χ1n) is 12.5. The van der Waals surface area contributed by atoms with Crippen LogP contribution < -0.4 is 10.6 Å². The van der Waals surface area contributed by atoms with Crippen molar-refractivity contribution in [3.05, 3.63) is 132 Å². The van der Waals surface area contributed by atoms with Crippen LogP contribution >= 0.6 is 0 Å². The van der Waals surface area contributed by atoms with E-state index in [0.29, 0.717) is 0 Å². The van der Waals surface area contributed by atoms with Crippen molar-refractivity contribution >= 4 is 23.8 Å². The summed E-state index contributed by atoms with van der Waals surface area (Å²) < 4.78 is 0. The first-order chi connectivity index (χ1) is 17.7. The molecule has 0 radical (unpaired) electrons. The van der Waals surface area contributed by atoms with Gasteiger partial charge in [-0.3, -0.25) is 9.98 Å². The molecule has 0 aliphatic carbocycles. The van der Waals surface area contributed by atoms with E-state index < -0.39 is 0 Å². The number of allylic oxidation sites excluding steroid dienone is 8. The Morgan fingerprint density at radius 1 is 0.583 bits per heavy atom. The topological polar surface area (TPSA) is 48.8 Å². The molecule has 0 saturated carbocycles. The molecule has 2 aromatic carbocycles. The summed E-state index contributed by atoms with van der Waals surface area (Å²) in [4.78, 5) is 8.97. The summed E-state index contributed by atoms with van der Waals surface area (Å²) >= 11 is 0. The zero-order chi connectivity index (χ0) is 25.0. The lowest BCUT2D eigenvalue weighted by molar-refractivity contribution is 0.582. The molecule has 4 nitrogen and oxygen atoms in total. The summed E-state index contributed by atoms with van der Waals surface area (Å²) in [5.41, 5.74) is 8.60. The number of nitrogens with one attached hydrogen (secondary N) is 2. The van der Waals surface area contributed by atoms with Crippen LogP contribution in [0.25, 0.3) is 11.4 Å². The van der Waals surface area contributed by atoms with Crippen molar-refractivity contribution in [3.63, 3.8) is 0 Å². The van der Waals surface area contributed by atoms with Crippen LogP contribution in [0.2, 0.25) is 0 Å². The second-order valence-corrected chi connectivity index (χ2v) is 8.94. The van der Waals surface area contributed by atoms with Crippen molar-refractivity contribution in [2.45, 2.75) is 25.9 Å². The Bertz CT molecular complexity index is 1140. The molecule has 36 heavy (non-hydrogen) atoms. The maximum Gasteiger partial charge on any atom is 0.0707 e. The van der Waals surface area contributed by atoms with Crippen molar-refractivity contribution in [2.24, 2.45) is 9.98 Å². The summed E-state index contributed by atoms with van der Waals surface area (Å²) in [6.07, 6.45) is 17.7. The minimum atomic E-state index is 0.876. The van der Waals surface area contributed by atoms with Gasteiger partial charge in [0.25, 0.3) is 0 Å². The van der Waals surface area contributed by atoms with Crippen LogP contribution in [0.5, 0.6) is 0 Å². The minimum absolute atomic E-state index is 0.876. The van der Waals surface area contributed by atoms with Gasteiger partial charge in [-0.1, -0.05) is 73.8 Å². The Morgan fingerprint density at radius 2 is 1.00 bits per heavy atom. The number of nitrogens with zero attached hydrogens (tertiary/aromatic N) is 2. The number of aliphatic imine (C=N–C) groups is 2. The van der Waals surface area contributed by atoms with Crippen molar-refractivity contribution < 1.29 is 0 Å². The van der Waals surface area contributed by atoms with E-state index in [0.717, 1.165) is 72.7 Å². The van der Waals surface area contributed by atoms with Gasteiger partial charge in [0.05, 0.1) is 11.4 Å². The molecule has 4 heteroatoms. The largest absolute Gasteiger partial charge is 0.313 e. The highest BCUT2D eigenvalue weighted by Gasteiger charge is 2.04. The molecular weight excluding hydrogens is 440 g/mol. The molecule has 0 amide bonds. The average molecular weight is 475 g/mol. The van der Waals surface area contributed by atoms with Crippen LogP contribution in [0.1, 0.15) is 35.1 Å². The first-order valence-corrected chi connectivity index (χ1v) is 12.5. The molecule has 0 spiro atoms. The van der Waals surface area contributed by atoms with Crippen molar-refractivity contribution in [2.75, 3.05) is 13.1 Å². The molecule has 0 aromatic heterocycles. The van der Waals surface area contributed by atoms with Gasteiger partial charge in [0.1, 0.15) is 0 Å². The third-order valence-electron chi connectivity index (χ3n) is 5.98. The molecule has 0 saturated heterocycles. The lowest BCUT2D eigenvalue weighted by Crippen LogP contribution is -2.18. The van der Waals surface area contributed by atoms with E-state index >= 15 is 0 Å². The van der Waals surface area contributed by atoms with Crippen molar-refractivity contribution in [1.29, 1.82) is 0 Å². The molecule has 2 aliphatic heterocycles. The Morgan fingerprint density at radius 3 is 1.42 bits per heavy atom. The molecule has 4 rings (SSSR count). The number of hydrogen-bond donors (Lipinski definition) is 2. The standard InChI is InChI=1S/C32H34N4/c1-25-7-5-19-35-31(21-25)29-13-9-27(10-14-29)23-33-17-3-4-18-34-24-28-11-15-30(16-12-28)32-22-26(2)8-6-20-36-32/h5-16,19-22,33-34H,1-4,17-18,23-24H2. The van der Waals surface area contributed by atoms with Crippen LogP contribution in [0.3, 0.4) is 0 Å². The quantitative estimate of drug-likeness (QED) is 0.369. The van der Waals surface area contributed by atoms with Crippen molar-refractivity contribution in [3.8, 4) is 0 Å². The van der Waals surface area contributed by atoms with E-state index in [1.807, 2.05) is 48.9 Å². The average Bonchev–Trinajstić information content (AvgIpc) is 3.26. The molecule has 2 aliphatic rings. The fourth-order valence-electron chi connectivity index (χ4n) is 3.97. The van der Waals surface area contributed by atoms with Gasteiger partial charge in [-0.25, -0.2) is 0 Å². The second kappa shape index (κ2) is 13.3. The van der Waals surface area contributed by atoms with Gasteiger partial charge in [-0.2, -0.15) is 0 Å². The number of hydrogen-bond acceptors (Lipinski definition) is 4. The smallest absolute Gasteiger partial charge is 0.0707 e. The zero-order valence-electron chi connectivity index (χ0n) is 20.8. The molecule has 0 unspecified atom stereocenters. The normalized spacial score (nSPS) is 15.0. The third kappa shape index (κ3) is 7.84. The van der Waals surface area contributed by atoms with Crippen LogP contribution in [0.4, 0.5) is 0 Å². The fourth-order valence-corrected chi connectivity index (χ4v) is 3.97. The molecule has 0 fully saturated rings. The summed E-state index contributed by atoms with van der Waals surface area (Å²) in [6, 6.07) is 17.2. The maximum absolute atomic E-state index is 4.49. The molecule has 2 aromatic rings. The second-order valence-electron chi connectivity index (χ2n) is 8.94. The Balaban J connectivity index is 1.10. The third-order valence-corrected chi connectivity index (χ3v) is 5.98. The van der Waals surface area contributed by atoms with Gasteiger partial charge in [0.15, 0.2) is 0 Å². The SMILES string of the molecule is C=C1C=CC=NC(c2ccc(CNCCCCNCc3ccc(C4=CC(=C)C=CC=N4)cc3)cc2)=C1. The van der Waals surface area contributed by atoms with Crippen LogP contribution in [-0.4, -0.2) is 25.5 Å². The highest BCUT2D eigenvalue weighted by Crippen LogP contribution is 2.21. The molecule has 2 N–H and O–H groups in total. The zero-order valence-corrected chi connectivity index (χ0v) is 20.8. The van der Waals surface area contributed by atoms with E-state index in [2.05, 4.69) is 82.3 Å². The van der Waals surface area contributed by atoms with Crippen LogP contribution in [0.15, 0.2) is 119 Å².